The molecule has 0 N–H and O–H groups in total. The van der Waals surface area contributed by atoms with Gasteiger partial charge in [-0.25, -0.2) is 4.39 Å². The zero-order valence-corrected chi connectivity index (χ0v) is 10.4. The summed E-state index contributed by atoms with van der Waals surface area (Å²) in [4.78, 5) is 9.77. The molecule has 0 aliphatic carbocycles. The standard InChI is InChI=1S/C11H10F2N4O3/c1-20-5-4-16-6-14-15-11(16)9-7(12)2-3-8(10(9)13)17(18)19/h2-3,6H,4-5H2,1H3. The third-order valence-corrected chi connectivity index (χ3v) is 2.64. The summed E-state index contributed by atoms with van der Waals surface area (Å²) in [6, 6.07) is 1.59. The van der Waals surface area contributed by atoms with Gasteiger partial charge < -0.3 is 9.30 Å². The number of nitro benzene ring substituents is 1. The van der Waals surface area contributed by atoms with Crippen molar-refractivity contribution in [2.24, 2.45) is 0 Å². The van der Waals surface area contributed by atoms with E-state index in [1.54, 1.807) is 0 Å². The van der Waals surface area contributed by atoms with Crippen LogP contribution in [0.25, 0.3) is 11.4 Å². The van der Waals surface area contributed by atoms with Gasteiger partial charge in [-0.2, -0.15) is 4.39 Å². The second-order valence-corrected chi connectivity index (χ2v) is 3.85. The van der Waals surface area contributed by atoms with Crippen molar-refractivity contribution in [2.45, 2.75) is 6.54 Å². The van der Waals surface area contributed by atoms with E-state index in [0.717, 1.165) is 12.1 Å². The average Bonchev–Trinajstić information content (AvgIpc) is 2.84. The molecule has 1 aromatic carbocycles. The minimum Gasteiger partial charge on any atom is -0.383 e. The number of halogens is 2. The molecule has 0 fully saturated rings. The molecule has 1 aromatic heterocycles. The normalized spacial score (nSPS) is 10.8. The number of rotatable bonds is 5. The number of benzene rings is 1. The molecule has 20 heavy (non-hydrogen) atoms. The van der Waals surface area contributed by atoms with Crippen LogP contribution in [0.4, 0.5) is 14.5 Å². The predicted octanol–water partition coefficient (Wildman–Crippen LogP) is 1.78. The van der Waals surface area contributed by atoms with Gasteiger partial charge in [0.1, 0.15) is 12.1 Å². The van der Waals surface area contributed by atoms with Crippen molar-refractivity contribution >= 4 is 5.69 Å². The van der Waals surface area contributed by atoms with E-state index in [1.807, 2.05) is 0 Å². The Bertz CT molecular complexity index is 645. The van der Waals surface area contributed by atoms with E-state index in [2.05, 4.69) is 10.2 Å². The number of methoxy groups -OCH3 is 1. The fourth-order valence-corrected chi connectivity index (χ4v) is 1.69. The van der Waals surface area contributed by atoms with E-state index in [9.17, 15) is 18.9 Å². The SMILES string of the molecule is COCCn1cnnc1-c1c(F)ccc([N+](=O)[O-])c1F. The van der Waals surface area contributed by atoms with E-state index >= 15 is 0 Å². The summed E-state index contributed by atoms with van der Waals surface area (Å²) >= 11 is 0. The van der Waals surface area contributed by atoms with Crippen molar-refractivity contribution in [3.63, 3.8) is 0 Å². The first kappa shape index (κ1) is 14.0. The maximum absolute atomic E-state index is 14.1. The average molecular weight is 284 g/mol. The Hall–Kier alpha value is -2.42. The van der Waals surface area contributed by atoms with Gasteiger partial charge in [0.05, 0.1) is 17.1 Å². The van der Waals surface area contributed by atoms with Gasteiger partial charge in [-0.3, -0.25) is 10.1 Å². The number of nitrogens with zero attached hydrogens (tertiary/aromatic N) is 4. The van der Waals surface area contributed by atoms with Crippen molar-refractivity contribution in [1.29, 1.82) is 0 Å². The molecule has 0 unspecified atom stereocenters. The number of nitro groups is 1. The molecule has 0 spiro atoms. The highest BCUT2D eigenvalue weighted by Gasteiger charge is 2.25. The second-order valence-electron chi connectivity index (χ2n) is 3.85. The van der Waals surface area contributed by atoms with Crippen LogP contribution in [0.5, 0.6) is 0 Å². The summed E-state index contributed by atoms with van der Waals surface area (Å²) in [5.74, 6) is -2.35. The fourth-order valence-electron chi connectivity index (χ4n) is 1.69. The largest absolute Gasteiger partial charge is 0.383 e. The van der Waals surface area contributed by atoms with Crippen molar-refractivity contribution in [2.75, 3.05) is 13.7 Å². The van der Waals surface area contributed by atoms with Crippen molar-refractivity contribution in [1.82, 2.24) is 14.8 Å². The van der Waals surface area contributed by atoms with Crippen molar-refractivity contribution in [3.05, 3.63) is 40.2 Å². The highest BCUT2D eigenvalue weighted by Crippen LogP contribution is 2.30. The third-order valence-electron chi connectivity index (χ3n) is 2.64. The third kappa shape index (κ3) is 2.48. The van der Waals surface area contributed by atoms with Gasteiger partial charge in [-0.05, 0) is 6.07 Å². The van der Waals surface area contributed by atoms with Gasteiger partial charge in [0, 0.05) is 19.7 Å². The summed E-state index contributed by atoms with van der Waals surface area (Å²) in [7, 11) is 1.47. The first-order valence-electron chi connectivity index (χ1n) is 5.55. The Morgan fingerprint density at radius 1 is 1.45 bits per heavy atom. The van der Waals surface area contributed by atoms with E-state index in [0.29, 0.717) is 0 Å². The van der Waals surface area contributed by atoms with Gasteiger partial charge in [-0.1, -0.05) is 0 Å². The lowest BCUT2D eigenvalue weighted by molar-refractivity contribution is -0.387. The molecule has 0 saturated heterocycles. The molecular weight excluding hydrogens is 274 g/mol. The fraction of sp³-hybridized carbons (Fsp3) is 0.273. The van der Waals surface area contributed by atoms with Crippen LogP contribution in [0.1, 0.15) is 0 Å². The van der Waals surface area contributed by atoms with Crippen LogP contribution in [0.3, 0.4) is 0 Å². The second kappa shape index (κ2) is 5.70. The Labute approximate surface area is 112 Å². The van der Waals surface area contributed by atoms with E-state index in [1.165, 1.54) is 18.0 Å². The van der Waals surface area contributed by atoms with Gasteiger partial charge >= 0.3 is 5.69 Å². The number of hydrogen-bond donors (Lipinski definition) is 0. The topological polar surface area (TPSA) is 83.1 Å². The highest BCUT2D eigenvalue weighted by molar-refractivity contribution is 5.61. The quantitative estimate of drug-likeness (QED) is 0.617. The summed E-state index contributed by atoms with van der Waals surface area (Å²) in [6.07, 6.45) is 1.27. The predicted molar refractivity (Wildman–Crippen MR) is 63.9 cm³/mol. The molecule has 2 aromatic rings. The highest BCUT2D eigenvalue weighted by atomic mass is 19.1. The maximum atomic E-state index is 14.1. The molecule has 1 heterocycles. The van der Waals surface area contributed by atoms with E-state index < -0.39 is 27.8 Å². The van der Waals surface area contributed by atoms with Gasteiger partial charge in [0.2, 0.25) is 5.82 Å². The van der Waals surface area contributed by atoms with Gasteiger partial charge in [-0.15, -0.1) is 10.2 Å². The van der Waals surface area contributed by atoms with E-state index in [-0.39, 0.29) is 19.0 Å². The van der Waals surface area contributed by atoms with E-state index in [4.69, 9.17) is 4.74 Å². The Balaban J connectivity index is 2.55. The van der Waals surface area contributed by atoms with Crippen LogP contribution in [-0.2, 0) is 11.3 Å². The Morgan fingerprint density at radius 3 is 2.85 bits per heavy atom. The zero-order valence-electron chi connectivity index (χ0n) is 10.4. The van der Waals surface area contributed by atoms with Crippen LogP contribution in [0.15, 0.2) is 18.5 Å². The summed E-state index contributed by atoms with van der Waals surface area (Å²) in [5.41, 5.74) is -1.39. The van der Waals surface area contributed by atoms with Crippen LogP contribution < -0.4 is 0 Å². The minimum atomic E-state index is -1.28. The van der Waals surface area contributed by atoms with Crippen LogP contribution >= 0.6 is 0 Å². The molecule has 0 aliphatic rings. The first-order valence-corrected chi connectivity index (χ1v) is 5.55. The lowest BCUT2D eigenvalue weighted by Crippen LogP contribution is -2.07. The summed E-state index contributed by atoms with van der Waals surface area (Å²) in [6.45, 7) is 0.545. The molecule has 0 amide bonds. The summed E-state index contributed by atoms with van der Waals surface area (Å²) in [5, 5.41) is 17.9. The van der Waals surface area contributed by atoms with Crippen LogP contribution in [0, 0.1) is 21.7 Å². The molecule has 0 aliphatic heterocycles. The molecule has 2 rings (SSSR count). The molecule has 0 radical (unpaired) electrons. The van der Waals surface area contributed by atoms with Crippen molar-refractivity contribution in [3.8, 4) is 11.4 Å². The lowest BCUT2D eigenvalue weighted by Gasteiger charge is -2.07. The lowest BCUT2D eigenvalue weighted by atomic mass is 10.1. The molecule has 0 saturated carbocycles. The smallest absolute Gasteiger partial charge is 0.305 e. The monoisotopic (exact) mass is 284 g/mol. The molecule has 7 nitrogen and oxygen atoms in total. The zero-order chi connectivity index (χ0) is 14.7. The molecule has 9 heteroatoms. The van der Waals surface area contributed by atoms with Crippen LogP contribution in [-0.4, -0.2) is 33.4 Å². The van der Waals surface area contributed by atoms with Gasteiger partial charge in [0.15, 0.2) is 5.82 Å². The number of aromatic nitrogens is 3. The molecular formula is C11H10F2N4O3. The Morgan fingerprint density at radius 2 is 2.20 bits per heavy atom. The molecule has 0 atom stereocenters. The van der Waals surface area contributed by atoms with Crippen LogP contribution in [0.2, 0.25) is 0 Å². The maximum Gasteiger partial charge on any atom is 0.305 e. The number of hydrogen-bond acceptors (Lipinski definition) is 5. The molecule has 0 bridgehead atoms. The number of ether oxygens (including phenoxy) is 1. The molecule has 106 valence electrons. The summed E-state index contributed by atoms with van der Waals surface area (Å²) < 4.78 is 34.1. The Kier molecular flexibility index (Phi) is 3.99. The van der Waals surface area contributed by atoms with Crippen molar-refractivity contribution < 1.29 is 18.4 Å². The van der Waals surface area contributed by atoms with Gasteiger partial charge in [0.25, 0.3) is 0 Å². The minimum absolute atomic E-state index is 0.124. The first-order chi connectivity index (χ1) is 9.56.